The minimum atomic E-state index is -0.675. The van der Waals surface area contributed by atoms with Gasteiger partial charge in [0.1, 0.15) is 0 Å². The quantitative estimate of drug-likeness (QED) is 0.940. The fourth-order valence-corrected chi connectivity index (χ4v) is 3.22. The van der Waals surface area contributed by atoms with Crippen LogP contribution in [-0.2, 0) is 11.3 Å². The van der Waals surface area contributed by atoms with E-state index in [4.69, 9.17) is 0 Å². The number of hydrogen-bond donors (Lipinski definition) is 1. The van der Waals surface area contributed by atoms with Crippen LogP contribution in [-0.4, -0.2) is 33.5 Å². The zero-order valence-corrected chi connectivity index (χ0v) is 13.4. The van der Waals surface area contributed by atoms with Crippen molar-refractivity contribution in [3.8, 4) is 11.1 Å². The van der Waals surface area contributed by atoms with E-state index in [1.54, 1.807) is 6.20 Å². The molecule has 1 aromatic carbocycles. The molecule has 0 aliphatic carbocycles. The van der Waals surface area contributed by atoms with Gasteiger partial charge in [-0.2, -0.15) is 0 Å². The third-order valence-corrected chi connectivity index (χ3v) is 4.67. The van der Waals surface area contributed by atoms with Crippen molar-refractivity contribution >= 4 is 5.97 Å². The lowest BCUT2D eigenvalue weighted by Crippen LogP contribution is -2.43. The molecule has 2 heterocycles. The highest BCUT2D eigenvalue weighted by Gasteiger charge is 2.29. The summed E-state index contributed by atoms with van der Waals surface area (Å²) in [4.78, 5) is 17.7. The molecule has 23 heavy (non-hydrogen) atoms. The number of likely N-dealkylation sites (tertiary alicyclic amines) is 1. The van der Waals surface area contributed by atoms with Crippen LogP contribution in [0.4, 0.5) is 0 Å². The summed E-state index contributed by atoms with van der Waals surface area (Å²) in [6.45, 7) is 3.61. The van der Waals surface area contributed by atoms with Crippen molar-refractivity contribution in [2.45, 2.75) is 32.4 Å². The van der Waals surface area contributed by atoms with Crippen LogP contribution in [0.15, 0.2) is 48.8 Å². The Morgan fingerprint density at radius 2 is 2.09 bits per heavy atom. The first-order valence-electron chi connectivity index (χ1n) is 8.09. The molecule has 2 atom stereocenters. The largest absolute Gasteiger partial charge is 0.481 e. The van der Waals surface area contributed by atoms with Crippen LogP contribution >= 0.6 is 0 Å². The van der Waals surface area contributed by atoms with Gasteiger partial charge in [0.15, 0.2) is 0 Å². The van der Waals surface area contributed by atoms with Crippen molar-refractivity contribution in [2.75, 3.05) is 6.54 Å². The van der Waals surface area contributed by atoms with Crippen molar-refractivity contribution in [1.29, 1.82) is 0 Å². The maximum atomic E-state index is 11.3. The van der Waals surface area contributed by atoms with Crippen LogP contribution in [0, 0.1) is 5.92 Å². The van der Waals surface area contributed by atoms with Gasteiger partial charge in [0, 0.05) is 31.5 Å². The van der Waals surface area contributed by atoms with Crippen molar-refractivity contribution in [1.82, 2.24) is 9.88 Å². The van der Waals surface area contributed by atoms with Gasteiger partial charge in [-0.3, -0.25) is 14.7 Å². The van der Waals surface area contributed by atoms with Gasteiger partial charge in [0.05, 0.1) is 5.92 Å². The molecule has 1 fully saturated rings. The number of benzene rings is 1. The average Bonchev–Trinajstić information content (AvgIpc) is 2.58. The first-order chi connectivity index (χ1) is 11.1. The smallest absolute Gasteiger partial charge is 0.307 e. The van der Waals surface area contributed by atoms with E-state index in [9.17, 15) is 9.90 Å². The second-order valence-corrected chi connectivity index (χ2v) is 6.33. The van der Waals surface area contributed by atoms with Gasteiger partial charge in [-0.25, -0.2) is 0 Å². The van der Waals surface area contributed by atoms with E-state index in [1.807, 2.05) is 12.3 Å². The molecule has 0 saturated carbocycles. The summed E-state index contributed by atoms with van der Waals surface area (Å²) in [6, 6.07) is 12.8. The molecule has 1 saturated heterocycles. The molecule has 1 aliphatic rings. The first-order valence-corrected chi connectivity index (χ1v) is 8.09. The van der Waals surface area contributed by atoms with Crippen molar-refractivity contribution in [3.63, 3.8) is 0 Å². The fourth-order valence-electron chi connectivity index (χ4n) is 3.22. The standard InChI is InChI=1S/C19H22N2O2/c1-14-7-8-18(19(22)23)13-21(14)12-15-4-2-5-16(10-15)17-6-3-9-20-11-17/h2-6,9-11,14,18H,7-8,12-13H2,1H3,(H,22,23). The molecular weight excluding hydrogens is 288 g/mol. The summed E-state index contributed by atoms with van der Waals surface area (Å²) in [7, 11) is 0. The Balaban J connectivity index is 1.76. The van der Waals surface area contributed by atoms with Crippen LogP contribution in [0.25, 0.3) is 11.1 Å². The molecular formula is C19H22N2O2. The van der Waals surface area contributed by atoms with Crippen molar-refractivity contribution in [3.05, 3.63) is 54.4 Å². The van der Waals surface area contributed by atoms with Crippen LogP contribution in [0.3, 0.4) is 0 Å². The minimum absolute atomic E-state index is 0.243. The summed E-state index contributed by atoms with van der Waals surface area (Å²) in [5, 5.41) is 9.27. The lowest BCUT2D eigenvalue weighted by Gasteiger charge is -2.36. The Bertz CT molecular complexity index is 672. The van der Waals surface area contributed by atoms with E-state index < -0.39 is 5.97 Å². The molecule has 3 rings (SSSR count). The molecule has 0 spiro atoms. The van der Waals surface area contributed by atoms with Gasteiger partial charge >= 0.3 is 5.97 Å². The number of carboxylic acid groups (broad SMARTS) is 1. The van der Waals surface area contributed by atoms with Crippen LogP contribution in [0.5, 0.6) is 0 Å². The average molecular weight is 310 g/mol. The molecule has 4 nitrogen and oxygen atoms in total. The number of carboxylic acids is 1. The Morgan fingerprint density at radius 1 is 1.26 bits per heavy atom. The summed E-state index contributed by atoms with van der Waals surface area (Å²) in [5.41, 5.74) is 3.46. The van der Waals surface area contributed by atoms with Crippen molar-refractivity contribution < 1.29 is 9.90 Å². The van der Waals surface area contributed by atoms with Crippen LogP contribution < -0.4 is 0 Å². The number of hydrogen-bond acceptors (Lipinski definition) is 3. The Kier molecular flexibility index (Phi) is 4.72. The third kappa shape index (κ3) is 3.77. The van der Waals surface area contributed by atoms with Gasteiger partial charge in [-0.05, 0) is 48.6 Å². The molecule has 0 bridgehead atoms. The topological polar surface area (TPSA) is 53.4 Å². The van der Waals surface area contributed by atoms with Crippen LogP contribution in [0.1, 0.15) is 25.3 Å². The van der Waals surface area contributed by atoms with E-state index in [-0.39, 0.29) is 5.92 Å². The Morgan fingerprint density at radius 3 is 2.83 bits per heavy atom. The van der Waals surface area contributed by atoms with Gasteiger partial charge in [0.2, 0.25) is 0 Å². The van der Waals surface area contributed by atoms with Gasteiger partial charge in [-0.1, -0.05) is 24.3 Å². The van der Waals surface area contributed by atoms with Gasteiger partial charge < -0.3 is 5.11 Å². The molecule has 4 heteroatoms. The maximum absolute atomic E-state index is 11.3. The van der Waals surface area contributed by atoms with Gasteiger partial charge in [-0.15, -0.1) is 0 Å². The lowest BCUT2D eigenvalue weighted by atomic mass is 9.93. The van der Waals surface area contributed by atoms with E-state index in [0.29, 0.717) is 12.6 Å². The highest BCUT2D eigenvalue weighted by molar-refractivity contribution is 5.70. The summed E-state index contributed by atoms with van der Waals surface area (Å²) >= 11 is 0. The summed E-state index contributed by atoms with van der Waals surface area (Å²) < 4.78 is 0. The number of aromatic nitrogens is 1. The van der Waals surface area contributed by atoms with Gasteiger partial charge in [0.25, 0.3) is 0 Å². The lowest BCUT2D eigenvalue weighted by molar-refractivity contribution is -0.144. The molecule has 1 N–H and O–H groups in total. The monoisotopic (exact) mass is 310 g/mol. The normalized spacial score (nSPS) is 22.0. The molecule has 1 aliphatic heterocycles. The SMILES string of the molecule is CC1CCC(C(=O)O)CN1Cc1cccc(-c2cccnc2)c1. The second-order valence-electron chi connectivity index (χ2n) is 6.33. The van der Waals surface area contributed by atoms with E-state index in [1.165, 1.54) is 5.56 Å². The number of rotatable bonds is 4. The van der Waals surface area contributed by atoms with Crippen molar-refractivity contribution in [2.24, 2.45) is 5.92 Å². The second kappa shape index (κ2) is 6.92. The predicted molar refractivity (Wildman–Crippen MR) is 89.9 cm³/mol. The minimum Gasteiger partial charge on any atom is -0.481 e. The highest BCUT2D eigenvalue weighted by atomic mass is 16.4. The van der Waals surface area contributed by atoms with E-state index in [0.717, 1.165) is 30.5 Å². The van der Waals surface area contributed by atoms with E-state index >= 15 is 0 Å². The first kappa shape index (κ1) is 15.7. The number of carbonyl (C=O) groups is 1. The zero-order valence-electron chi connectivity index (χ0n) is 13.4. The molecule has 120 valence electrons. The van der Waals surface area contributed by atoms with E-state index in [2.05, 4.69) is 47.1 Å². The van der Waals surface area contributed by atoms with Crippen LogP contribution in [0.2, 0.25) is 0 Å². The highest BCUT2D eigenvalue weighted by Crippen LogP contribution is 2.25. The zero-order chi connectivity index (χ0) is 16.2. The number of piperidine rings is 1. The number of aliphatic carboxylic acids is 1. The molecule has 2 unspecified atom stereocenters. The number of nitrogens with zero attached hydrogens (tertiary/aromatic N) is 2. The number of pyridine rings is 1. The Labute approximate surface area is 136 Å². The molecule has 2 aromatic rings. The predicted octanol–water partition coefficient (Wildman–Crippen LogP) is 3.43. The summed E-state index contributed by atoms with van der Waals surface area (Å²) in [5.74, 6) is -0.918. The molecule has 1 aromatic heterocycles. The fraction of sp³-hybridized carbons (Fsp3) is 0.368. The molecule has 0 amide bonds. The third-order valence-electron chi connectivity index (χ3n) is 4.67. The summed E-state index contributed by atoms with van der Waals surface area (Å²) in [6.07, 6.45) is 5.36. The Hall–Kier alpha value is -2.20. The molecule has 0 radical (unpaired) electrons. The maximum Gasteiger partial charge on any atom is 0.307 e.